The van der Waals surface area contributed by atoms with Gasteiger partial charge in [0.15, 0.2) is 0 Å². The van der Waals surface area contributed by atoms with Crippen molar-refractivity contribution in [1.82, 2.24) is 5.32 Å². The van der Waals surface area contributed by atoms with E-state index in [0.717, 1.165) is 24.1 Å². The van der Waals surface area contributed by atoms with Crippen LogP contribution in [0.15, 0.2) is 22.7 Å². The Hall–Kier alpha value is -0.540. The van der Waals surface area contributed by atoms with Gasteiger partial charge in [0, 0.05) is 35.8 Å². The number of halogens is 1. The van der Waals surface area contributed by atoms with Gasteiger partial charge >= 0.3 is 0 Å². The molecule has 1 aliphatic heterocycles. The number of benzene rings is 1. The summed E-state index contributed by atoms with van der Waals surface area (Å²) in [5, 5.41) is 3.47. The van der Waals surface area contributed by atoms with Crippen molar-refractivity contribution in [3.05, 3.63) is 28.2 Å². The Morgan fingerprint density at radius 1 is 1.50 bits per heavy atom. The number of piperazine rings is 1. The van der Waals surface area contributed by atoms with Crippen molar-refractivity contribution in [3.63, 3.8) is 0 Å². The van der Waals surface area contributed by atoms with E-state index in [1.165, 1.54) is 17.7 Å². The molecule has 2 nitrogen and oxygen atoms in total. The van der Waals surface area contributed by atoms with Crippen LogP contribution in [0.2, 0.25) is 0 Å². The van der Waals surface area contributed by atoms with Crippen molar-refractivity contribution >= 4 is 21.6 Å². The molecule has 1 fully saturated rings. The smallest absolute Gasteiger partial charge is 0.0412 e. The van der Waals surface area contributed by atoms with Crippen molar-refractivity contribution in [2.75, 3.05) is 24.5 Å². The highest BCUT2D eigenvalue weighted by molar-refractivity contribution is 9.10. The molecule has 1 aromatic carbocycles. The fourth-order valence-electron chi connectivity index (χ4n) is 2.38. The van der Waals surface area contributed by atoms with Gasteiger partial charge in [0.2, 0.25) is 0 Å². The van der Waals surface area contributed by atoms with Crippen LogP contribution in [-0.2, 0) is 0 Å². The molecule has 1 N–H and O–H groups in total. The molecule has 88 valence electrons. The molecular formula is C13H19BrN2. The first-order valence-corrected chi connectivity index (χ1v) is 6.75. The van der Waals surface area contributed by atoms with Crippen molar-refractivity contribution in [2.45, 2.75) is 26.3 Å². The van der Waals surface area contributed by atoms with E-state index in [-0.39, 0.29) is 0 Å². The average Bonchev–Trinajstić information content (AvgIpc) is 2.29. The lowest BCUT2D eigenvalue weighted by Crippen LogP contribution is -2.51. The number of aryl methyl sites for hydroxylation is 1. The van der Waals surface area contributed by atoms with E-state index < -0.39 is 0 Å². The summed E-state index contributed by atoms with van der Waals surface area (Å²) in [6.07, 6.45) is 1.20. The van der Waals surface area contributed by atoms with Crippen LogP contribution in [0.5, 0.6) is 0 Å². The highest BCUT2D eigenvalue weighted by Crippen LogP contribution is 2.26. The van der Waals surface area contributed by atoms with E-state index in [4.69, 9.17) is 0 Å². The Kier molecular flexibility index (Phi) is 3.87. The zero-order valence-electron chi connectivity index (χ0n) is 9.96. The lowest BCUT2D eigenvalue weighted by atomic mass is 10.1. The molecule has 0 radical (unpaired) electrons. The zero-order valence-corrected chi connectivity index (χ0v) is 11.5. The molecule has 3 heteroatoms. The summed E-state index contributed by atoms with van der Waals surface area (Å²) in [5.41, 5.74) is 2.74. The van der Waals surface area contributed by atoms with Gasteiger partial charge in [0.25, 0.3) is 0 Å². The molecule has 1 heterocycles. The van der Waals surface area contributed by atoms with Crippen LogP contribution in [0.25, 0.3) is 0 Å². The van der Waals surface area contributed by atoms with Crippen molar-refractivity contribution in [1.29, 1.82) is 0 Å². The van der Waals surface area contributed by atoms with E-state index in [9.17, 15) is 0 Å². The highest BCUT2D eigenvalue weighted by atomic mass is 79.9. The lowest BCUT2D eigenvalue weighted by Gasteiger charge is -2.38. The van der Waals surface area contributed by atoms with Gasteiger partial charge in [-0.05, 0) is 37.1 Å². The topological polar surface area (TPSA) is 15.3 Å². The van der Waals surface area contributed by atoms with Gasteiger partial charge in [0.1, 0.15) is 0 Å². The predicted molar refractivity (Wildman–Crippen MR) is 73.2 cm³/mol. The molecule has 16 heavy (non-hydrogen) atoms. The molecule has 0 bridgehead atoms. The third-order valence-corrected chi connectivity index (χ3v) is 3.78. The highest BCUT2D eigenvalue weighted by Gasteiger charge is 2.21. The summed E-state index contributed by atoms with van der Waals surface area (Å²) in [7, 11) is 0. The van der Waals surface area contributed by atoms with Gasteiger partial charge in [-0.3, -0.25) is 0 Å². The maximum absolute atomic E-state index is 3.52. The molecule has 1 saturated heterocycles. The lowest BCUT2D eigenvalue weighted by molar-refractivity contribution is 0.466. The molecule has 0 spiro atoms. The van der Waals surface area contributed by atoms with Crippen LogP contribution in [0.1, 0.15) is 18.9 Å². The Morgan fingerprint density at radius 3 is 3.00 bits per heavy atom. The molecular weight excluding hydrogens is 264 g/mol. The number of anilines is 1. The molecule has 0 amide bonds. The monoisotopic (exact) mass is 282 g/mol. The van der Waals surface area contributed by atoms with Crippen molar-refractivity contribution in [3.8, 4) is 0 Å². The summed E-state index contributed by atoms with van der Waals surface area (Å²) in [5.74, 6) is 0. The van der Waals surface area contributed by atoms with Gasteiger partial charge in [-0.15, -0.1) is 0 Å². The second-order valence-corrected chi connectivity index (χ2v) is 5.31. The standard InChI is InChI=1S/C13H19BrN2/c1-3-12-9-15-6-7-16(12)13-5-4-11(14)8-10(13)2/h4-5,8,12,15H,3,6-7,9H2,1-2H3. The fourth-order valence-corrected chi connectivity index (χ4v) is 2.86. The van der Waals surface area contributed by atoms with Crippen LogP contribution in [0, 0.1) is 6.92 Å². The first-order valence-electron chi connectivity index (χ1n) is 5.96. The summed E-state index contributed by atoms with van der Waals surface area (Å²) in [6, 6.07) is 7.20. The van der Waals surface area contributed by atoms with E-state index in [1.54, 1.807) is 0 Å². The first-order chi connectivity index (χ1) is 7.72. The largest absolute Gasteiger partial charge is 0.366 e. The molecule has 0 aromatic heterocycles. The molecule has 1 unspecified atom stereocenters. The third kappa shape index (κ3) is 2.41. The molecule has 2 rings (SSSR count). The summed E-state index contributed by atoms with van der Waals surface area (Å²) >= 11 is 3.52. The summed E-state index contributed by atoms with van der Waals surface area (Å²) in [4.78, 5) is 2.54. The van der Waals surface area contributed by atoms with Gasteiger partial charge < -0.3 is 10.2 Å². The molecule has 1 atom stereocenters. The van der Waals surface area contributed by atoms with Crippen LogP contribution in [0.4, 0.5) is 5.69 Å². The second-order valence-electron chi connectivity index (χ2n) is 4.39. The number of hydrogen-bond donors (Lipinski definition) is 1. The normalized spacial score (nSPS) is 21.2. The van der Waals surface area contributed by atoms with E-state index in [0.29, 0.717) is 6.04 Å². The van der Waals surface area contributed by atoms with Gasteiger partial charge in [-0.2, -0.15) is 0 Å². The first kappa shape index (κ1) is 11.9. The van der Waals surface area contributed by atoms with Gasteiger partial charge in [-0.1, -0.05) is 22.9 Å². The minimum absolute atomic E-state index is 0.633. The van der Waals surface area contributed by atoms with Crippen molar-refractivity contribution < 1.29 is 0 Å². The predicted octanol–water partition coefficient (Wildman–Crippen LogP) is 2.95. The maximum atomic E-state index is 3.52. The van der Waals surface area contributed by atoms with Gasteiger partial charge in [0.05, 0.1) is 0 Å². The Morgan fingerprint density at radius 2 is 2.31 bits per heavy atom. The number of nitrogens with zero attached hydrogens (tertiary/aromatic N) is 1. The van der Waals surface area contributed by atoms with E-state index in [1.807, 2.05) is 0 Å². The minimum atomic E-state index is 0.633. The van der Waals surface area contributed by atoms with Crippen LogP contribution in [0.3, 0.4) is 0 Å². The zero-order chi connectivity index (χ0) is 11.5. The molecule has 0 saturated carbocycles. The van der Waals surface area contributed by atoms with Crippen molar-refractivity contribution in [2.24, 2.45) is 0 Å². The maximum Gasteiger partial charge on any atom is 0.0412 e. The number of hydrogen-bond acceptors (Lipinski definition) is 2. The molecule has 1 aliphatic rings. The van der Waals surface area contributed by atoms with Crippen LogP contribution < -0.4 is 10.2 Å². The average molecular weight is 283 g/mol. The fraction of sp³-hybridized carbons (Fsp3) is 0.538. The summed E-state index contributed by atoms with van der Waals surface area (Å²) < 4.78 is 1.16. The number of rotatable bonds is 2. The quantitative estimate of drug-likeness (QED) is 0.897. The second kappa shape index (κ2) is 5.19. The van der Waals surface area contributed by atoms with Crippen LogP contribution >= 0.6 is 15.9 Å². The number of nitrogens with one attached hydrogen (secondary N) is 1. The van der Waals surface area contributed by atoms with E-state index in [2.05, 4.69) is 58.2 Å². The Bertz CT molecular complexity index is 365. The molecule has 1 aromatic rings. The summed E-state index contributed by atoms with van der Waals surface area (Å²) in [6.45, 7) is 7.76. The Labute approximate surface area is 106 Å². The minimum Gasteiger partial charge on any atom is -0.366 e. The molecule has 0 aliphatic carbocycles. The SMILES string of the molecule is CCC1CNCCN1c1ccc(Br)cc1C. The third-order valence-electron chi connectivity index (χ3n) is 3.29. The van der Waals surface area contributed by atoms with Gasteiger partial charge in [-0.25, -0.2) is 0 Å². The Balaban J connectivity index is 2.27. The van der Waals surface area contributed by atoms with Crippen LogP contribution in [-0.4, -0.2) is 25.7 Å². The van der Waals surface area contributed by atoms with E-state index >= 15 is 0 Å².